The van der Waals surface area contributed by atoms with Gasteiger partial charge in [-0.2, -0.15) is 0 Å². The highest BCUT2D eigenvalue weighted by atomic mass is 16.5. The van der Waals surface area contributed by atoms with Gasteiger partial charge in [-0.05, 0) is 46.5 Å². The number of nitrogens with one attached hydrogen (secondary N) is 2. The molecule has 36 heavy (non-hydrogen) atoms. The third kappa shape index (κ3) is 5.58. The van der Waals surface area contributed by atoms with Gasteiger partial charge in [0.15, 0.2) is 5.82 Å². The van der Waals surface area contributed by atoms with Crippen molar-refractivity contribution in [2.24, 2.45) is 5.92 Å². The van der Waals surface area contributed by atoms with Gasteiger partial charge in [0.25, 0.3) is 0 Å². The molecule has 2 aliphatic rings. The standard InChI is InChI=1S/C26H39N7O3/c1-25(2,3)24-27-13-18-20(31-24)21(29-14-28-18)30-17-10-11-33(22(17)34)19-9-8-15(32-26(4,5)6)12-16(19)23(35)36-7/h13-17,19,32H,8-12H2,1-7H3,(H,28,29,30)/t15-,16-,17?,19+/m1/s1. The fourth-order valence-corrected chi connectivity index (χ4v) is 5.33. The fraction of sp³-hybridized carbons (Fsp3) is 0.692. The molecule has 4 rings (SSSR count). The number of likely N-dealkylation sites (tertiary alicyclic amines) is 1. The van der Waals surface area contributed by atoms with Crippen LogP contribution < -0.4 is 10.6 Å². The van der Waals surface area contributed by atoms with Crippen molar-refractivity contribution in [1.29, 1.82) is 0 Å². The topological polar surface area (TPSA) is 122 Å². The molecule has 1 saturated carbocycles. The number of amides is 1. The molecule has 10 heteroatoms. The van der Waals surface area contributed by atoms with E-state index >= 15 is 0 Å². The summed E-state index contributed by atoms with van der Waals surface area (Å²) >= 11 is 0. The number of hydrogen-bond donors (Lipinski definition) is 2. The summed E-state index contributed by atoms with van der Waals surface area (Å²) in [6.45, 7) is 13.1. The van der Waals surface area contributed by atoms with E-state index in [0.29, 0.717) is 42.1 Å². The summed E-state index contributed by atoms with van der Waals surface area (Å²) in [6, 6.07) is -0.410. The first-order valence-electron chi connectivity index (χ1n) is 12.8. The molecule has 1 aliphatic carbocycles. The SMILES string of the molecule is COC(=O)[C@@H]1C[C@H](NC(C)(C)C)CC[C@@H]1N1CCC(Nc2ncnc3cnc(C(C)(C)C)nc23)C1=O. The number of anilines is 1. The Kier molecular flexibility index (Phi) is 7.19. The maximum Gasteiger partial charge on any atom is 0.310 e. The van der Waals surface area contributed by atoms with Gasteiger partial charge in [0.1, 0.15) is 29.2 Å². The molecule has 1 unspecified atom stereocenters. The molecule has 2 aromatic heterocycles. The van der Waals surface area contributed by atoms with Gasteiger partial charge in [-0.15, -0.1) is 0 Å². The lowest BCUT2D eigenvalue weighted by atomic mass is 9.80. The van der Waals surface area contributed by atoms with Crippen LogP contribution in [-0.4, -0.2) is 74.0 Å². The van der Waals surface area contributed by atoms with Crippen LogP contribution in [0.25, 0.3) is 11.0 Å². The Bertz CT molecular complexity index is 1120. The summed E-state index contributed by atoms with van der Waals surface area (Å²) in [4.78, 5) is 46.0. The molecule has 1 saturated heterocycles. The number of ether oxygens (including phenoxy) is 1. The number of carbonyl (C=O) groups is 2. The van der Waals surface area contributed by atoms with Crippen LogP contribution in [0.3, 0.4) is 0 Å². The van der Waals surface area contributed by atoms with Gasteiger partial charge in [-0.1, -0.05) is 20.8 Å². The fourth-order valence-electron chi connectivity index (χ4n) is 5.33. The van der Waals surface area contributed by atoms with Crippen LogP contribution in [0, 0.1) is 5.92 Å². The van der Waals surface area contributed by atoms with Gasteiger partial charge in [-0.3, -0.25) is 9.59 Å². The molecule has 1 amide bonds. The summed E-state index contributed by atoms with van der Waals surface area (Å²) in [5.74, 6) is 0.587. The summed E-state index contributed by atoms with van der Waals surface area (Å²) in [5.41, 5.74) is 0.946. The van der Waals surface area contributed by atoms with Crippen molar-refractivity contribution in [1.82, 2.24) is 30.2 Å². The van der Waals surface area contributed by atoms with E-state index in [1.54, 1.807) is 6.20 Å². The predicted molar refractivity (Wildman–Crippen MR) is 137 cm³/mol. The molecule has 3 heterocycles. The van der Waals surface area contributed by atoms with Crippen molar-refractivity contribution < 1.29 is 14.3 Å². The number of fused-ring (bicyclic) bond motifs is 1. The Hall–Kier alpha value is -2.88. The molecule has 10 nitrogen and oxygen atoms in total. The molecule has 0 bridgehead atoms. The first-order chi connectivity index (χ1) is 16.9. The van der Waals surface area contributed by atoms with Crippen molar-refractivity contribution in [2.75, 3.05) is 19.0 Å². The number of esters is 1. The second-order valence-electron chi connectivity index (χ2n) is 12.0. The average molecular weight is 498 g/mol. The summed E-state index contributed by atoms with van der Waals surface area (Å²) in [5, 5.41) is 6.93. The van der Waals surface area contributed by atoms with Gasteiger partial charge < -0.3 is 20.3 Å². The average Bonchev–Trinajstić information content (AvgIpc) is 3.16. The van der Waals surface area contributed by atoms with Gasteiger partial charge in [0, 0.05) is 29.6 Å². The third-order valence-electron chi connectivity index (χ3n) is 6.95. The van der Waals surface area contributed by atoms with Gasteiger partial charge in [0.05, 0.1) is 19.2 Å². The van der Waals surface area contributed by atoms with E-state index < -0.39 is 6.04 Å². The monoisotopic (exact) mass is 497 g/mol. The van der Waals surface area contributed by atoms with Crippen LogP contribution in [-0.2, 0) is 19.7 Å². The molecular formula is C26H39N7O3. The quantitative estimate of drug-likeness (QED) is 0.600. The van der Waals surface area contributed by atoms with E-state index in [2.05, 4.69) is 46.4 Å². The Labute approximate surface area is 213 Å². The summed E-state index contributed by atoms with van der Waals surface area (Å²) in [7, 11) is 1.42. The van der Waals surface area contributed by atoms with Gasteiger partial charge in [0.2, 0.25) is 5.91 Å². The zero-order chi connectivity index (χ0) is 26.3. The molecule has 1 aliphatic heterocycles. The molecule has 2 N–H and O–H groups in total. The molecule has 2 fully saturated rings. The second-order valence-corrected chi connectivity index (χ2v) is 12.0. The number of methoxy groups -OCH3 is 1. The van der Waals surface area contributed by atoms with Crippen molar-refractivity contribution in [3.05, 3.63) is 18.3 Å². The number of aromatic nitrogens is 4. The van der Waals surface area contributed by atoms with Crippen LogP contribution in [0.15, 0.2) is 12.5 Å². The van der Waals surface area contributed by atoms with Crippen LogP contribution >= 0.6 is 0 Å². The summed E-state index contributed by atoms with van der Waals surface area (Å²) in [6.07, 6.45) is 6.09. The molecular weight excluding hydrogens is 458 g/mol. The third-order valence-corrected chi connectivity index (χ3v) is 6.95. The predicted octanol–water partition coefficient (Wildman–Crippen LogP) is 2.83. The minimum absolute atomic E-state index is 0.0204. The van der Waals surface area contributed by atoms with Crippen LogP contribution in [0.2, 0.25) is 0 Å². The Morgan fingerprint density at radius 1 is 1.08 bits per heavy atom. The Balaban J connectivity index is 1.52. The number of hydrogen-bond acceptors (Lipinski definition) is 9. The van der Waals surface area contributed by atoms with E-state index in [1.807, 2.05) is 25.7 Å². The van der Waals surface area contributed by atoms with Gasteiger partial charge >= 0.3 is 5.97 Å². The molecule has 0 spiro atoms. The van der Waals surface area contributed by atoms with Crippen LogP contribution in [0.5, 0.6) is 0 Å². The first-order valence-corrected chi connectivity index (χ1v) is 12.8. The minimum atomic E-state index is -0.445. The lowest BCUT2D eigenvalue weighted by Gasteiger charge is -2.41. The molecule has 4 atom stereocenters. The normalized spacial score (nSPS) is 25.3. The maximum atomic E-state index is 13.6. The highest BCUT2D eigenvalue weighted by molar-refractivity contribution is 5.91. The molecule has 0 aromatic carbocycles. The zero-order valence-corrected chi connectivity index (χ0v) is 22.5. The van der Waals surface area contributed by atoms with E-state index in [9.17, 15) is 9.59 Å². The van der Waals surface area contributed by atoms with Crippen LogP contribution in [0.1, 0.15) is 73.1 Å². The van der Waals surface area contributed by atoms with E-state index in [0.717, 1.165) is 12.8 Å². The van der Waals surface area contributed by atoms with Crippen molar-refractivity contribution in [3.8, 4) is 0 Å². The smallest absolute Gasteiger partial charge is 0.310 e. The lowest BCUT2D eigenvalue weighted by Crippen LogP contribution is -2.54. The van der Waals surface area contributed by atoms with E-state index in [4.69, 9.17) is 9.72 Å². The minimum Gasteiger partial charge on any atom is -0.469 e. The lowest BCUT2D eigenvalue weighted by molar-refractivity contribution is -0.151. The molecule has 2 aromatic rings. The van der Waals surface area contributed by atoms with Crippen molar-refractivity contribution >= 4 is 28.7 Å². The van der Waals surface area contributed by atoms with Crippen LogP contribution in [0.4, 0.5) is 5.82 Å². The highest BCUT2D eigenvalue weighted by Crippen LogP contribution is 2.34. The van der Waals surface area contributed by atoms with E-state index in [1.165, 1.54) is 13.4 Å². The van der Waals surface area contributed by atoms with E-state index in [-0.39, 0.29) is 40.8 Å². The second kappa shape index (κ2) is 9.88. The Morgan fingerprint density at radius 2 is 1.83 bits per heavy atom. The van der Waals surface area contributed by atoms with Gasteiger partial charge in [-0.25, -0.2) is 19.9 Å². The molecule has 0 radical (unpaired) electrons. The maximum absolute atomic E-state index is 13.6. The first kappa shape index (κ1) is 26.2. The van der Waals surface area contributed by atoms with Crippen molar-refractivity contribution in [3.63, 3.8) is 0 Å². The largest absolute Gasteiger partial charge is 0.469 e. The number of nitrogens with zero attached hydrogens (tertiary/aromatic N) is 5. The Morgan fingerprint density at radius 3 is 2.50 bits per heavy atom. The highest BCUT2D eigenvalue weighted by Gasteiger charge is 2.45. The molecule has 196 valence electrons. The zero-order valence-electron chi connectivity index (χ0n) is 22.5. The van der Waals surface area contributed by atoms with Crippen molar-refractivity contribution in [2.45, 2.75) is 96.3 Å². The number of carbonyl (C=O) groups excluding carboxylic acids is 2. The summed E-state index contributed by atoms with van der Waals surface area (Å²) < 4.78 is 5.15. The number of rotatable bonds is 5.